The van der Waals surface area contributed by atoms with Gasteiger partial charge in [0, 0.05) is 17.4 Å². The van der Waals surface area contributed by atoms with Gasteiger partial charge in [0.2, 0.25) is 0 Å². The third kappa shape index (κ3) is 1.52. The maximum absolute atomic E-state index is 9.57. The molecule has 3 N–H and O–H groups in total. The summed E-state index contributed by atoms with van der Waals surface area (Å²) in [5, 5.41) is 9.57. The van der Waals surface area contributed by atoms with E-state index in [4.69, 9.17) is 5.73 Å². The number of anilines is 1. The number of phenolic OH excluding ortho intramolecular Hbond substituents is 1. The Morgan fingerprint density at radius 3 is 2.64 bits per heavy atom. The van der Waals surface area contributed by atoms with E-state index < -0.39 is 0 Å². The number of para-hydroxylation sites is 1. The molecule has 0 amide bonds. The quantitative estimate of drug-likeness (QED) is 0.716. The van der Waals surface area contributed by atoms with Gasteiger partial charge in [0.15, 0.2) is 0 Å². The second-order valence-corrected chi connectivity index (χ2v) is 2.99. The molecule has 70 valence electrons. The highest BCUT2D eigenvalue weighted by atomic mass is 16.3. The lowest BCUT2D eigenvalue weighted by Crippen LogP contribution is -1.88. The van der Waals surface area contributed by atoms with Gasteiger partial charge in [0.05, 0.1) is 5.69 Å². The van der Waals surface area contributed by atoms with Crippen LogP contribution in [-0.2, 0) is 0 Å². The average Bonchev–Trinajstić information content (AvgIpc) is 2.18. The van der Waals surface area contributed by atoms with Crippen molar-refractivity contribution in [2.45, 2.75) is 0 Å². The van der Waals surface area contributed by atoms with Crippen LogP contribution in [0.25, 0.3) is 11.3 Å². The van der Waals surface area contributed by atoms with Crippen molar-refractivity contribution < 1.29 is 5.11 Å². The first kappa shape index (κ1) is 8.56. The Morgan fingerprint density at radius 2 is 1.93 bits per heavy atom. The maximum Gasteiger partial charge on any atom is 0.124 e. The molecule has 0 aliphatic heterocycles. The second kappa shape index (κ2) is 3.38. The van der Waals surface area contributed by atoms with Crippen molar-refractivity contribution in [3.05, 3.63) is 42.6 Å². The van der Waals surface area contributed by atoms with E-state index in [1.807, 2.05) is 6.07 Å². The third-order valence-electron chi connectivity index (χ3n) is 1.96. The molecule has 0 radical (unpaired) electrons. The number of benzene rings is 1. The SMILES string of the molecule is Nc1ccnc(-c2ccccc2O)c1. The van der Waals surface area contributed by atoms with Gasteiger partial charge >= 0.3 is 0 Å². The number of hydrogen-bond acceptors (Lipinski definition) is 3. The van der Waals surface area contributed by atoms with Gasteiger partial charge in [-0.15, -0.1) is 0 Å². The number of nitrogens with two attached hydrogens (primary N) is 1. The summed E-state index contributed by atoms with van der Waals surface area (Å²) in [7, 11) is 0. The summed E-state index contributed by atoms with van der Waals surface area (Å²) in [6.45, 7) is 0. The fourth-order valence-corrected chi connectivity index (χ4v) is 1.28. The highest BCUT2D eigenvalue weighted by molar-refractivity contribution is 5.68. The number of aromatic hydroxyl groups is 1. The van der Waals surface area contributed by atoms with Crippen LogP contribution in [0.4, 0.5) is 5.69 Å². The first-order chi connectivity index (χ1) is 6.77. The molecule has 0 unspecified atom stereocenters. The van der Waals surface area contributed by atoms with Crippen LogP contribution in [0.2, 0.25) is 0 Å². The van der Waals surface area contributed by atoms with E-state index in [0.29, 0.717) is 16.9 Å². The van der Waals surface area contributed by atoms with Crippen molar-refractivity contribution in [1.82, 2.24) is 4.98 Å². The molecule has 3 nitrogen and oxygen atoms in total. The number of phenols is 1. The Morgan fingerprint density at radius 1 is 1.14 bits per heavy atom. The van der Waals surface area contributed by atoms with Crippen molar-refractivity contribution in [1.29, 1.82) is 0 Å². The number of rotatable bonds is 1. The topological polar surface area (TPSA) is 59.1 Å². The predicted octanol–water partition coefficient (Wildman–Crippen LogP) is 2.04. The van der Waals surface area contributed by atoms with Crippen LogP contribution >= 0.6 is 0 Å². The molecule has 2 rings (SSSR count). The first-order valence-corrected chi connectivity index (χ1v) is 4.27. The van der Waals surface area contributed by atoms with Crippen LogP contribution in [0.3, 0.4) is 0 Å². The number of pyridine rings is 1. The molecule has 0 bridgehead atoms. The van der Waals surface area contributed by atoms with E-state index in [-0.39, 0.29) is 5.75 Å². The minimum Gasteiger partial charge on any atom is -0.507 e. The molecule has 0 saturated heterocycles. The van der Waals surface area contributed by atoms with Crippen molar-refractivity contribution in [2.75, 3.05) is 5.73 Å². The number of nitrogen functional groups attached to an aromatic ring is 1. The zero-order valence-corrected chi connectivity index (χ0v) is 7.51. The van der Waals surface area contributed by atoms with Crippen LogP contribution in [0.1, 0.15) is 0 Å². The summed E-state index contributed by atoms with van der Waals surface area (Å²) in [6, 6.07) is 10.5. The zero-order valence-electron chi connectivity index (χ0n) is 7.51. The van der Waals surface area contributed by atoms with Gasteiger partial charge in [-0.25, -0.2) is 0 Å². The van der Waals surface area contributed by atoms with E-state index in [0.717, 1.165) is 0 Å². The van der Waals surface area contributed by atoms with Crippen LogP contribution in [0.15, 0.2) is 42.6 Å². The molecule has 2 aromatic rings. The monoisotopic (exact) mass is 186 g/mol. The molecule has 0 aliphatic rings. The standard InChI is InChI=1S/C11H10N2O/c12-8-5-6-13-10(7-8)9-3-1-2-4-11(9)14/h1-7,14H,(H2,12,13). The molecule has 0 aliphatic carbocycles. The summed E-state index contributed by atoms with van der Waals surface area (Å²) in [4.78, 5) is 4.13. The number of aromatic nitrogens is 1. The number of nitrogens with zero attached hydrogens (tertiary/aromatic N) is 1. The molecular formula is C11H10N2O. The Labute approximate surface area is 81.8 Å². The molecule has 0 saturated carbocycles. The zero-order chi connectivity index (χ0) is 9.97. The Balaban J connectivity index is 2.55. The molecule has 1 heterocycles. The first-order valence-electron chi connectivity index (χ1n) is 4.27. The average molecular weight is 186 g/mol. The lowest BCUT2D eigenvalue weighted by molar-refractivity contribution is 0.477. The molecule has 0 spiro atoms. The van der Waals surface area contributed by atoms with Gasteiger partial charge < -0.3 is 10.8 Å². The van der Waals surface area contributed by atoms with Gasteiger partial charge in [-0.1, -0.05) is 12.1 Å². The largest absolute Gasteiger partial charge is 0.507 e. The molecular weight excluding hydrogens is 176 g/mol. The van der Waals surface area contributed by atoms with Crippen molar-refractivity contribution in [2.24, 2.45) is 0 Å². The lowest BCUT2D eigenvalue weighted by atomic mass is 10.1. The Hall–Kier alpha value is -2.03. The van der Waals surface area contributed by atoms with Gasteiger partial charge in [-0.3, -0.25) is 4.98 Å². The Kier molecular flexibility index (Phi) is 2.07. The normalized spacial score (nSPS) is 10.0. The molecule has 3 heteroatoms. The third-order valence-corrected chi connectivity index (χ3v) is 1.96. The lowest BCUT2D eigenvalue weighted by Gasteiger charge is -2.03. The van der Waals surface area contributed by atoms with Crippen molar-refractivity contribution in [3.8, 4) is 17.0 Å². The summed E-state index contributed by atoms with van der Waals surface area (Å²) >= 11 is 0. The van der Waals surface area contributed by atoms with Gasteiger partial charge in [0.25, 0.3) is 0 Å². The predicted molar refractivity (Wildman–Crippen MR) is 55.8 cm³/mol. The van der Waals surface area contributed by atoms with Crippen LogP contribution < -0.4 is 5.73 Å². The maximum atomic E-state index is 9.57. The van der Waals surface area contributed by atoms with Gasteiger partial charge in [0.1, 0.15) is 5.75 Å². The molecule has 1 aromatic heterocycles. The second-order valence-electron chi connectivity index (χ2n) is 2.99. The van der Waals surface area contributed by atoms with E-state index in [1.54, 1.807) is 36.5 Å². The summed E-state index contributed by atoms with van der Waals surface area (Å²) < 4.78 is 0. The smallest absolute Gasteiger partial charge is 0.124 e. The van der Waals surface area contributed by atoms with Gasteiger partial charge in [-0.05, 0) is 24.3 Å². The molecule has 1 aromatic carbocycles. The molecule has 0 fully saturated rings. The van der Waals surface area contributed by atoms with Crippen molar-refractivity contribution in [3.63, 3.8) is 0 Å². The van der Waals surface area contributed by atoms with E-state index in [1.165, 1.54) is 0 Å². The molecule has 14 heavy (non-hydrogen) atoms. The number of hydrogen-bond donors (Lipinski definition) is 2. The molecule has 0 atom stereocenters. The minimum atomic E-state index is 0.214. The van der Waals surface area contributed by atoms with E-state index >= 15 is 0 Å². The highest BCUT2D eigenvalue weighted by Gasteiger charge is 2.03. The van der Waals surface area contributed by atoms with Crippen LogP contribution in [0, 0.1) is 0 Å². The minimum absolute atomic E-state index is 0.214. The summed E-state index contributed by atoms with van der Waals surface area (Å²) in [6.07, 6.45) is 1.62. The fourth-order valence-electron chi connectivity index (χ4n) is 1.28. The summed E-state index contributed by atoms with van der Waals surface area (Å²) in [5.41, 5.74) is 7.64. The van der Waals surface area contributed by atoms with Gasteiger partial charge in [-0.2, -0.15) is 0 Å². The summed E-state index contributed by atoms with van der Waals surface area (Å²) in [5.74, 6) is 0.214. The van der Waals surface area contributed by atoms with E-state index in [9.17, 15) is 5.11 Å². The fraction of sp³-hybridized carbons (Fsp3) is 0. The van der Waals surface area contributed by atoms with Crippen molar-refractivity contribution >= 4 is 5.69 Å². The van der Waals surface area contributed by atoms with Crippen LogP contribution in [-0.4, -0.2) is 10.1 Å². The van der Waals surface area contributed by atoms with E-state index in [2.05, 4.69) is 4.98 Å². The Bertz CT molecular complexity index is 455. The van der Waals surface area contributed by atoms with Crippen LogP contribution in [0.5, 0.6) is 5.75 Å². The highest BCUT2D eigenvalue weighted by Crippen LogP contribution is 2.27.